The van der Waals surface area contributed by atoms with E-state index in [0.29, 0.717) is 25.7 Å². The molecule has 3 unspecified atom stereocenters. The number of esters is 3. The molecule has 0 rings (SSSR count). The fourth-order valence-corrected chi connectivity index (χ4v) is 7.40. The molecule has 0 spiro atoms. The zero-order valence-electron chi connectivity index (χ0n) is 43.7. The summed E-state index contributed by atoms with van der Waals surface area (Å²) in [4.78, 5) is 48.3. The van der Waals surface area contributed by atoms with Gasteiger partial charge in [-0.25, -0.2) is 4.57 Å². The van der Waals surface area contributed by atoms with Crippen molar-refractivity contribution >= 4 is 25.7 Å². The summed E-state index contributed by atoms with van der Waals surface area (Å²) in [5, 5.41) is 9.77. The van der Waals surface area contributed by atoms with Gasteiger partial charge in [0, 0.05) is 19.3 Å². The Bertz CT molecular complexity index is 1590. The van der Waals surface area contributed by atoms with Gasteiger partial charge in [0.05, 0.1) is 19.8 Å². The van der Waals surface area contributed by atoms with Gasteiger partial charge < -0.3 is 24.2 Å². The smallest absolute Gasteiger partial charge is 0.462 e. The summed E-state index contributed by atoms with van der Waals surface area (Å²) in [5.41, 5.74) is 0. The Balaban J connectivity index is 4.88. The van der Waals surface area contributed by atoms with Crippen LogP contribution in [0.25, 0.3) is 0 Å². The summed E-state index contributed by atoms with van der Waals surface area (Å²) < 4.78 is 39.3. The highest BCUT2D eigenvalue weighted by atomic mass is 31.2. The summed E-state index contributed by atoms with van der Waals surface area (Å²) in [7, 11) is -4.77. The maximum Gasteiger partial charge on any atom is 0.472 e. The number of hydrogen-bond donors (Lipinski definition) is 2. The molecule has 0 heterocycles. The Hall–Kier alpha value is -3.86. The molecule has 0 aromatic heterocycles. The van der Waals surface area contributed by atoms with Crippen LogP contribution in [0.4, 0.5) is 0 Å². The van der Waals surface area contributed by atoms with Crippen LogP contribution in [0.5, 0.6) is 0 Å². The molecule has 398 valence electrons. The largest absolute Gasteiger partial charge is 0.472 e. The van der Waals surface area contributed by atoms with Crippen LogP contribution in [0.15, 0.2) is 109 Å². The molecule has 0 bridgehead atoms. The minimum atomic E-state index is -4.77. The van der Waals surface area contributed by atoms with Crippen molar-refractivity contribution in [1.82, 2.24) is 0 Å². The van der Waals surface area contributed by atoms with Gasteiger partial charge in [0.15, 0.2) is 6.10 Å². The first kappa shape index (κ1) is 66.1. The molecule has 0 saturated heterocycles. The van der Waals surface area contributed by atoms with Crippen LogP contribution >= 0.6 is 7.82 Å². The normalized spacial score (nSPS) is 14.3. The molecule has 0 aliphatic heterocycles. The average Bonchev–Trinajstić information content (AvgIpc) is 3.35. The minimum absolute atomic E-state index is 0.130. The Morgan fingerprint density at radius 3 is 1.20 bits per heavy atom. The highest BCUT2D eigenvalue weighted by Gasteiger charge is 2.28. The van der Waals surface area contributed by atoms with Crippen molar-refractivity contribution in [2.45, 2.75) is 213 Å². The second kappa shape index (κ2) is 51.5. The fourth-order valence-electron chi connectivity index (χ4n) is 6.62. The predicted octanol–water partition coefficient (Wildman–Crippen LogP) is 15.5. The van der Waals surface area contributed by atoms with E-state index in [2.05, 4.69) is 124 Å². The lowest BCUT2D eigenvalue weighted by Gasteiger charge is -2.21. The van der Waals surface area contributed by atoms with E-state index in [1.54, 1.807) is 0 Å². The van der Waals surface area contributed by atoms with Gasteiger partial charge in [0.1, 0.15) is 12.7 Å². The van der Waals surface area contributed by atoms with E-state index in [4.69, 9.17) is 23.3 Å². The number of phosphoric acid groups is 1. The van der Waals surface area contributed by atoms with Crippen LogP contribution < -0.4 is 0 Å². The summed E-state index contributed by atoms with van der Waals surface area (Å²) in [6.07, 6.45) is 60.6. The SMILES string of the molecule is CC/C=C\C/C=C\C/C=C\C/C=C\C/C=C\CCCC(=O)OCC(COP(=O)(O)OCC(CO)OC(=O)CCCCCCC/C=C\CCCC)OC(=O)CCCCCCC/C=C\C/C=C\C/C=C\CC. The molecule has 0 radical (unpaired) electrons. The van der Waals surface area contributed by atoms with E-state index >= 15 is 0 Å². The molecular weight excluding hydrogens is 904 g/mol. The van der Waals surface area contributed by atoms with Crippen LogP contribution in [0, 0.1) is 0 Å². The first-order chi connectivity index (χ1) is 34.2. The van der Waals surface area contributed by atoms with Crippen molar-refractivity contribution in [3.8, 4) is 0 Å². The van der Waals surface area contributed by atoms with Gasteiger partial charge in [0.2, 0.25) is 0 Å². The molecule has 3 atom stereocenters. The van der Waals surface area contributed by atoms with Gasteiger partial charge in [-0.05, 0) is 109 Å². The van der Waals surface area contributed by atoms with Crippen molar-refractivity contribution in [3.05, 3.63) is 109 Å². The topological polar surface area (TPSA) is 155 Å². The highest BCUT2D eigenvalue weighted by molar-refractivity contribution is 7.47. The van der Waals surface area contributed by atoms with E-state index in [1.165, 1.54) is 12.8 Å². The first-order valence-electron chi connectivity index (χ1n) is 26.8. The third-order valence-electron chi connectivity index (χ3n) is 10.7. The number of carbonyl (C=O) groups is 3. The zero-order chi connectivity index (χ0) is 51.3. The van der Waals surface area contributed by atoms with E-state index in [1.807, 2.05) is 6.08 Å². The number of carbonyl (C=O) groups excluding carboxylic acids is 3. The average molecular weight is 999 g/mol. The Kier molecular flexibility index (Phi) is 48.7. The van der Waals surface area contributed by atoms with Crippen molar-refractivity contribution in [1.29, 1.82) is 0 Å². The van der Waals surface area contributed by atoms with Crippen LogP contribution in [0.3, 0.4) is 0 Å². The standard InChI is InChI=1S/C58H95O11P/c1-4-7-10-13-16-19-22-24-26-27-29-30-33-35-38-41-44-47-56(60)65-51-55(69-58(62)49-46-43-40-37-34-31-28-25-23-20-17-14-11-8-5-2)53-67-70(63,64)66-52-54(50-59)68-57(61)48-45-42-39-36-32-21-18-15-12-9-6-3/h7-8,10-11,15-20,24-26,28-30,35,38,54-55,59H,4-6,9,12-14,21-23,27,31-34,36-37,39-53H2,1-3H3,(H,63,64)/b10-7-,11-8-,18-15-,19-16-,20-17-,26-24-,28-25-,30-29-,38-35-. The lowest BCUT2D eigenvalue weighted by Crippen LogP contribution is -2.30. The molecule has 0 aliphatic rings. The van der Waals surface area contributed by atoms with Crippen LogP contribution in [0.2, 0.25) is 0 Å². The van der Waals surface area contributed by atoms with Crippen molar-refractivity contribution in [2.75, 3.05) is 26.4 Å². The van der Waals surface area contributed by atoms with Crippen molar-refractivity contribution in [2.24, 2.45) is 0 Å². The lowest BCUT2D eigenvalue weighted by molar-refractivity contribution is -0.161. The van der Waals surface area contributed by atoms with Gasteiger partial charge in [-0.1, -0.05) is 182 Å². The monoisotopic (exact) mass is 999 g/mol. The summed E-state index contributed by atoms with van der Waals surface area (Å²) in [6, 6.07) is 0. The molecule has 0 aromatic carbocycles. The second-order valence-corrected chi connectivity index (χ2v) is 18.7. The third-order valence-corrected chi connectivity index (χ3v) is 11.6. The van der Waals surface area contributed by atoms with E-state index < -0.39 is 57.8 Å². The minimum Gasteiger partial charge on any atom is -0.462 e. The van der Waals surface area contributed by atoms with E-state index in [9.17, 15) is 28.9 Å². The molecule has 0 amide bonds. The number of aliphatic hydroxyl groups excluding tert-OH is 1. The quantitative estimate of drug-likeness (QED) is 0.0197. The fraction of sp³-hybridized carbons (Fsp3) is 0.638. The number of ether oxygens (including phenoxy) is 3. The molecule has 70 heavy (non-hydrogen) atoms. The molecule has 0 aromatic rings. The highest BCUT2D eigenvalue weighted by Crippen LogP contribution is 2.43. The van der Waals surface area contributed by atoms with E-state index in [-0.39, 0.29) is 25.9 Å². The zero-order valence-corrected chi connectivity index (χ0v) is 44.6. The van der Waals surface area contributed by atoms with Crippen LogP contribution in [0.1, 0.15) is 201 Å². The lowest BCUT2D eigenvalue weighted by atomic mass is 10.1. The summed E-state index contributed by atoms with van der Waals surface area (Å²) in [5.74, 6) is -1.58. The molecule has 12 heteroatoms. The van der Waals surface area contributed by atoms with Gasteiger partial charge in [-0.15, -0.1) is 0 Å². The van der Waals surface area contributed by atoms with Crippen LogP contribution in [-0.2, 0) is 42.2 Å². The maximum absolute atomic E-state index is 12.9. The summed E-state index contributed by atoms with van der Waals surface area (Å²) >= 11 is 0. The molecule has 0 aliphatic carbocycles. The van der Waals surface area contributed by atoms with E-state index in [0.717, 1.165) is 122 Å². The number of aliphatic hydroxyl groups is 1. The second-order valence-electron chi connectivity index (χ2n) is 17.3. The molecule has 0 fully saturated rings. The first-order valence-corrected chi connectivity index (χ1v) is 28.3. The Labute approximate surface area is 425 Å². The van der Waals surface area contributed by atoms with Gasteiger partial charge in [0.25, 0.3) is 0 Å². The Morgan fingerprint density at radius 1 is 0.414 bits per heavy atom. The predicted molar refractivity (Wildman–Crippen MR) is 288 cm³/mol. The number of rotatable bonds is 48. The Morgan fingerprint density at radius 2 is 0.757 bits per heavy atom. The maximum atomic E-state index is 12.9. The van der Waals surface area contributed by atoms with Crippen molar-refractivity contribution in [3.63, 3.8) is 0 Å². The number of unbranched alkanes of at least 4 members (excludes halogenated alkanes) is 13. The third kappa shape index (κ3) is 49.1. The van der Waals surface area contributed by atoms with Gasteiger partial charge in [-0.2, -0.15) is 0 Å². The van der Waals surface area contributed by atoms with Crippen molar-refractivity contribution < 1.29 is 52.2 Å². The van der Waals surface area contributed by atoms with Crippen LogP contribution in [-0.4, -0.2) is 66.5 Å². The molecule has 0 saturated carbocycles. The molecule has 11 nitrogen and oxygen atoms in total. The summed E-state index contributed by atoms with van der Waals surface area (Å²) in [6.45, 7) is 4.25. The van der Waals surface area contributed by atoms with Gasteiger partial charge >= 0.3 is 25.7 Å². The number of allylic oxidation sites excluding steroid dienone is 18. The van der Waals surface area contributed by atoms with Gasteiger partial charge in [-0.3, -0.25) is 23.4 Å². The molecule has 2 N–H and O–H groups in total. The molecular formula is C58H95O11P. The number of hydrogen-bond acceptors (Lipinski definition) is 10. The number of phosphoric ester groups is 1.